The van der Waals surface area contributed by atoms with Crippen LogP contribution in [-0.4, -0.2) is 39.9 Å². The summed E-state index contributed by atoms with van der Waals surface area (Å²) < 4.78 is 2.19. The molecule has 1 atom stereocenters. The van der Waals surface area contributed by atoms with Gasteiger partial charge in [0.2, 0.25) is 5.91 Å². The first-order valence-electron chi connectivity index (χ1n) is 12.1. The summed E-state index contributed by atoms with van der Waals surface area (Å²) in [5, 5.41) is 15.6. The van der Waals surface area contributed by atoms with Gasteiger partial charge in [0.1, 0.15) is 12.0 Å². The van der Waals surface area contributed by atoms with E-state index in [0.717, 1.165) is 74.0 Å². The van der Waals surface area contributed by atoms with Crippen LogP contribution in [0, 0.1) is 12.8 Å². The Morgan fingerprint density at radius 3 is 2.85 bits per heavy atom. The maximum absolute atomic E-state index is 13.8. The number of carbonyl (C=O) groups excluding carboxylic acids is 1. The fourth-order valence-electron chi connectivity index (χ4n) is 5.58. The van der Waals surface area contributed by atoms with Crippen molar-refractivity contribution in [1.82, 2.24) is 20.1 Å². The van der Waals surface area contributed by atoms with Gasteiger partial charge in [0.15, 0.2) is 5.82 Å². The number of nitrogens with zero attached hydrogens (tertiary/aromatic N) is 5. The molecule has 1 saturated carbocycles. The summed E-state index contributed by atoms with van der Waals surface area (Å²) in [6.45, 7) is 5.11. The first-order chi connectivity index (χ1) is 16.2. The number of rotatable bonds is 2. The molecule has 0 bridgehead atoms. The topological polar surface area (TPSA) is 78.3 Å². The van der Waals surface area contributed by atoms with Crippen molar-refractivity contribution >= 4 is 23.0 Å². The summed E-state index contributed by atoms with van der Waals surface area (Å²) >= 11 is 0. The Hall–Kier alpha value is -3.29. The number of benzene rings is 1. The lowest BCUT2D eigenvalue weighted by atomic mass is 9.88. The van der Waals surface area contributed by atoms with Gasteiger partial charge in [0.25, 0.3) is 0 Å². The molecule has 0 radical (unpaired) electrons. The van der Waals surface area contributed by atoms with Crippen LogP contribution < -0.4 is 20.4 Å². The zero-order valence-corrected chi connectivity index (χ0v) is 19.1. The summed E-state index contributed by atoms with van der Waals surface area (Å²) in [6, 6.07) is 6.47. The van der Waals surface area contributed by atoms with E-state index < -0.39 is 0 Å². The summed E-state index contributed by atoms with van der Waals surface area (Å²) in [5.41, 5.74) is 4.27. The Labute approximate surface area is 194 Å². The highest BCUT2D eigenvalue weighted by Crippen LogP contribution is 2.38. The highest BCUT2D eigenvalue weighted by atomic mass is 16.2. The summed E-state index contributed by atoms with van der Waals surface area (Å²) in [5.74, 6) is 2.35. The van der Waals surface area contributed by atoms with E-state index >= 15 is 0 Å². The van der Waals surface area contributed by atoms with Crippen LogP contribution in [0.3, 0.4) is 0 Å². The van der Waals surface area contributed by atoms with Crippen molar-refractivity contribution in [3.8, 4) is 0 Å². The van der Waals surface area contributed by atoms with Crippen LogP contribution >= 0.6 is 0 Å². The molecular formula is C25H31N7O. The normalized spacial score (nSPS) is 22.3. The van der Waals surface area contributed by atoms with Gasteiger partial charge < -0.3 is 25.0 Å². The van der Waals surface area contributed by atoms with Crippen LogP contribution in [-0.2, 0) is 17.9 Å². The van der Waals surface area contributed by atoms with Crippen LogP contribution in [0.25, 0.3) is 0 Å². The van der Waals surface area contributed by atoms with Gasteiger partial charge in [-0.3, -0.25) is 4.79 Å². The standard InChI is InChI=1S/C25H31N7O/c1-17-28-29-23-16-30(12-13-31(17)23)20-9-10-21-22(14-20)32(25(33)18-6-3-2-4-7-18)15-19-8-5-11-26-24(19)27-21/h5,8-11,14,18,24,26-27H,2-4,6-7,12-13,15-16H2,1H3. The van der Waals surface area contributed by atoms with E-state index in [2.05, 4.69) is 54.6 Å². The van der Waals surface area contributed by atoms with Crippen LogP contribution in [0.4, 0.5) is 17.1 Å². The third kappa shape index (κ3) is 3.67. The molecule has 4 heterocycles. The van der Waals surface area contributed by atoms with Crippen molar-refractivity contribution in [1.29, 1.82) is 0 Å². The third-order valence-electron chi connectivity index (χ3n) is 7.48. The number of allylic oxidation sites excluding steroid dienone is 2. The molecule has 1 amide bonds. The number of anilines is 3. The molecule has 3 aliphatic heterocycles. The predicted octanol–water partition coefficient (Wildman–Crippen LogP) is 3.31. The zero-order valence-electron chi connectivity index (χ0n) is 19.1. The maximum atomic E-state index is 13.8. The first kappa shape index (κ1) is 20.3. The Balaban J connectivity index is 1.36. The second-order valence-corrected chi connectivity index (χ2v) is 9.54. The minimum absolute atomic E-state index is 0.000249. The van der Waals surface area contributed by atoms with E-state index in [4.69, 9.17) is 0 Å². The molecule has 0 saturated heterocycles. The number of amides is 1. The van der Waals surface area contributed by atoms with Crippen molar-refractivity contribution in [3.63, 3.8) is 0 Å². The number of aromatic nitrogens is 3. The number of carbonyl (C=O) groups is 1. The van der Waals surface area contributed by atoms with Gasteiger partial charge in [-0.15, -0.1) is 10.2 Å². The van der Waals surface area contributed by atoms with Gasteiger partial charge in [-0.05, 0) is 55.8 Å². The average Bonchev–Trinajstić information content (AvgIpc) is 3.14. The lowest BCUT2D eigenvalue weighted by molar-refractivity contribution is -0.123. The fraction of sp³-hybridized carbons (Fsp3) is 0.480. The molecule has 1 aromatic carbocycles. The molecule has 8 nitrogen and oxygen atoms in total. The molecule has 2 N–H and O–H groups in total. The third-order valence-corrected chi connectivity index (χ3v) is 7.48. The largest absolute Gasteiger partial charge is 0.368 e. The van der Waals surface area contributed by atoms with E-state index in [-0.39, 0.29) is 18.0 Å². The van der Waals surface area contributed by atoms with E-state index in [1.54, 1.807) is 0 Å². The molecule has 1 aliphatic carbocycles. The van der Waals surface area contributed by atoms with E-state index in [9.17, 15) is 4.79 Å². The molecular weight excluding hydrogens is 414 g/mol. The van der Waals surface area contributed by atoms with Gasteiger partial charge in [0, 0.05) is 24.7 Å². The number of aryl methyl sites for hydroxylation is 1. The monoisotopic (exact) mass is 445 g/mol. The summed E-state index contributed by atoms with van der Waals surface area (Å²) in [6.07, 6.45) is 11.6. The van der Waals surface area contributed by atoms with Crippen molar-refractivity contribution in [2.45, 2.75) is 58.3 Å². The molecule has 8 heteroatoms. The van der Waals surface area contributed by atoms with Crippen molar-refractivity contribution in [2.24, 2.45) is 5.92 Å². The van der Waals surface area contributed by atoms with Crippen LogP contribution in [0.5, 0.6) is 0 Å². The molecule has 172 valence electrons. The molecule has 33 heavy (non-hydrogen) atoms. The molecule has 2 aromatic rings. The number of fused-ring (bicyclic) bond motifs is 3. The zero-order chi connectivity index (χ0) is 22.4. The van der Waals surface area contributed by atoms with Crippen molar-refractivity contribution in [2.75, 3.05) is 28.2 Å². The first-order valence-corrected chi connectivity index (χ1v) is 12.1. The van der Waals surface area contributed by atoms with E-state index in [1.165, 1.54) is 12.0 Å². The van der Waals surface area contributed by atoms with E-state index in [0.29, 0.717) is 6.54 Å². The molecule has 1 unspecified atom stereocenters. The molecule has 1 fully saturated rings. The number of hydrogen-bond acceptors (Lipinski definition) is 6. The van der Waals surface area contributed by atoms with Gasteiger partial charge >= 0.3 is 0 Å². The minimum atomic E-state index is 0.000249. The molecule has 6 rings (SSSR count). The Morgan fingerprint density at radius 1 is 1.09 bits per heavy atom. The van der Waals surface area contributed by atoms with Gasteiger partial charge in [-0.2, -0.15) is 0 Å². The van der Waals surface area contributed by atoms with Gasteiger partial charge in [-0.25, -0.2) is 0 Å². The quantitative estimate of drug-likeness (QED) is 0.739. The predicted molar refractivity (Wildman–Crippen MR) is 129 cm³/mol. The van der Waals surface area contributed by atoms with E-state index in [1.807, 2.05) is 24.1 Å². The van der Waals surface area contributed by atoms with Crippen LogP contribution in [0.15, 0.2) is 42.1 Å². The highest BCUT2D eigenvalue weighted by Gasteiger charge is 2.33. The maximum Gasteiger partial charge on any atom is 0.230 e. The number of dihydropyridines is 1. The second-order valence-electron chi connectivity index (χ2n) is 9.54. The number of nitrogens with one attached hydrogen (secondary N) is 2. The Morgan fingerprint density at radius 2 is 1.97 bits per heavy atom. The smallest absolute Gasteiger partial charge is 0.230 e. The van der Waals surface area contributed by atoms with Gasteiger partial charge in [-0.1, -0.05) is 25.3 Å². The van der Waals surface area contributed by atoms with Crippen molar-refractivity contribution in [3.05, 3.63) is 53.8 Å². The lowest BCUT2D eigenvalue weighted by Gasteiger charge is -2.32. The van der Waals surface area contributed by atoms with Crippen molar-refractivity contribution < 1.29 is 4.79 Å². The molecule has 1 aromatic heterocycles. The minimum Gasteiger partial charge on any atom is -0.368 e. The lowest BCUT2D eigenvalue weighted by Crippen LogP contribution is -2.41. The number of hydrogen-bond donors (Lipinski definition) is 2. The molecule has 4 aliphatic rings. The Bertz CT molecular complexity index is 1130. The molecule has 0 spiro atoms. The summed E-state index contributed by atoms with van der Waals surface area (Å²) in [7, 11) is 0. The average molecular weight is 446 g/mol. The van der Waals surface area contributed by atoms with Crippen LogP contribution in [0.2, 0.25) is 0 Å². The fourth-order valence-corrected chi connectivity index (χ4v) is 5.58. The van der Waals surface area contributed by atoms with Crippen LogP contribution in [0.1, 0.15) is 43.8 Å². The second kappa shape index (κ2) is 8.24. The highest BCUT2D eigenvalue weighted by molar-refractivity contribution is 6.00. The SMILES string of the molecule is Cc1nnc2n1CCN(c1ccc3c(c1)N(C(=O)C1CCCCC1)CC1=CC=CNC1N3)C2. The summed E-state index contributed by atoms with van der Waals surface area (Å²) in [4.78, 5) is 18.2. The van der Waals surface area contributed by atoms with Gasteiger partial charge in [0.05, 0.1) is 24.5 Å². The Kier molecular flexibility index (Phi) is 5.08.